The first-order valence-electron chi connectivity index (χ1n) is 12.9. The van der Waals surface area contributed by atoms with Crippen molar-refractivity contribution in [3.8, 4) is 0 Å². The van der Waals surface area contributed by atoms with Gasteiger partial charge in [-0.1, -0.05) is 61.9 Å². The molecule has 4 rings (SSSR count). The Hall–Kier alpha value is -3.84. The summed E-state index contributed by atoms with van der Waals surface area (Å²) in [6.45, 7) is 6.44. The smallest absolute Gasteiger partial charge is 0.338 e. The fourth-order valence-corrected chi connectivity index (χ4v) is 4.90. The van der Waals surface area contributed by atoms with Crippen LogP contribution < -0.4 is 10.2 Å². The van der Waals surface area contributed by atoms with Gasteiger partial charge < -0.3 is 10.1 Å². The van der Waals surface area contributed by atoms with E-state index in [2.05, 4.69) is 12.2 Å². The molecule has 0 unspecified atom stereocenters. The number of aryl methyl sites for hydroxylation is 2. The van der Waals surface area contributed by atoms with E-state index in [1.165, 1.54) is 22.2 Å². The van der Waals surface area contributed by atoms with Crippen LogP contribution in [0.25, 0.3) is 0 Å². The lowest BCUT2D eigenvalue weighted by Crippen LogP contribution is -2.32. The Labute approximate surface area is 228 Å². The molecule has 0 radical (unpaired) electrons. The maximum absolute atomic E-state index is 13.6. The Morgan fingerprint density at radius 3 is 2.18 bits per heavy atom. The molecule has 3 aromatic rings. The van der Waals surface area contributed by atoms with Crippen molar-refractivity contribution in [3.63, 3.8) is 0 Å². The van der Waals surface area contributed by atoms with Crippen LogP contribution in [0.2, 0.25) is 0 Å². The third-order valence-electron chi connectivity index (χ3n) is 6.12. The van der Waals surface area contributed by atoms with E-state index in [9.17, 15) is 14.4 Å². The Balaban J connectivity index is 1.62. The predicted molar refractivity (Wildman–Crippen MR) is 152 cm³/mol. The molecule has 2 amide bonds. The summed E-state index contributed by atoms with van der Waals surface area (Å²) >= 11 is 1.26. The fourth-order valence-electron chi connectivity index (χ4n) is 3.98. The molecule has 1 N–H and O–H groups in total. The first-order valence-corrected chi connectivity index (χ1v) is 13.7. The number of imide groups is 1. The number of carbonyl (C=O) groups is 3. The van der Waals surface area contributed by atoms with Gasteiger partial charge in [-0.05, 0) is 80.3 Å². The summed E-state index contributed by atoms with van der Waals surface area (Å²) < 4.78 is 5.19. The zero-order valence-electron chi connectivity index (χ0n) is 22.0. The molecule has 0 saturated heterocycles. The maximum Gasteiger partial charge on any atom is 0.338 e. The lowest BCUT2D eigenvalue weighted by atomic mass is 10.1. The Bertz CT molecular complexity index is 1330. The maximum atomic E-state index is 13.6. The van der Waals surface area contributed by atoms with Crippen LogP contribution >= 0.6 is 11.8 Å². The van der Waals surface area contributed by atoms with Gasteiger partial charge in [0, 0.05) is 10.6 Å². The Kier molecular flexibility index (Phi) is 9.02. The molecule has 0 aliphatic carbocycles. The minimum Gasteiger partial charge on any atom is -0.462 e. The topological polar surface area (TPSA) is 75.7 Å². The molecule has 0 aromatic heterocycles. The molecule has 38 heavy (non-hydrogen) atoms. The van der Waals surface area contributed by atoms with Crippen molar-refractivity contribution in [3.05, 3.63) is 100 Å². The van der Waals surface area contributed by atoms with Gasteiger partial charge in [0.1, 0.15) is 10.6 Å². The van der Waals surface area contributed by atoms with Crippen LogP contribution in [0.3, 0.4) is 0 Å². The van der Waals surface area contributed by atoms with Crippen molar-refractivity contribution in [1.29, 1.82) is 0 Å². The van der Waals surface area contributed by atoms with Crippen molar-refractivity contribution in [2.24, 2.45) is 0 Å². The average Bonchev–Trinajstić information content (AvgIpc) is 3.16. The number of unbranched alkanes of at least 4 members (excludes halogenated alkanes) is 1. The van der Waals surface area contributed by atoms with Gasteiger partial charge in [0.05, 0.1) is 17.9 Å². The van der Waals surface area contributed by atoms with Gasteiger partial charge in [-0.15, -0.1) is 0 Å². The molecule has 0 spiro atoms. The van der Waals surface area contributed by atoms with Gasteiger partial charge in [0.25, 0.3) is 11.8 Å². The number of amides is 2. The molecule has 0 fully saturated rings. The fraction of sp³-hybridized carbons (Fsp3) is 0.258. The number of anilines is 2. The van der Waals surface area contributed by atoms with Crippen LogP contribution in [-0.4, -0.2) is 24.4 Å². The summed E-state index contributed by atoms with van der Waals surface area (Å²) in [6, 6.07) is 22.1. The molecule has 0 saturated carbocycles. The molecule has 0 bridgehead atoms. The number of nitrogens with zero attached hydrogens (tertiary/aromatic N) is 1. The van der Waals surface area contributed by atoms with Crippen molar-refractivity contribution in [2.45, 2.75) is 51.3 Å². The number of esters is 1. The second kappa shape index (κ2) is 12.6. The SMILES string of the molecule is CCCCc1ccc(N2C(=O)C(Nc3ccc(C(=O)OCCC)cc3)=C(Sc3ccc(C)cc3)C2=O)cc1. The van der Waals surface area contributed by atoms with Gasteiger partial charge in [-0.3, -0.25) is 9.59 Å². The van der Waals surface area contributed by atoms with E-state index < -0.39 is 11.9 Å². The average molecular weight is 529 g/mol. The number of hydrogen-bond acceptors (Lipinski definition) is 6. The largest absolute Gasteiger partial charge is 0.462 e. The van der Waals surface area contributed by atoms with Gasteiger partial charge >= 0.3 is 5.97 Å². The third-order valence-corrected chi connectivity index (χ3v) is 7.21. The van der Waals surface area contributed by atoms with Crippen LogP contribution in [0, 0.1) is 6.92 Å². The zero-order chi connectivity index (χ0) is 27.1. The first kappa shape index (κ1) is 27.2. The minimum absolute atomic E-state index is 0.206. The molecule has 1 aliphatic heterocycles. The van der Waals surface area contributed by atoms with Crippen molar-refractivity contribution < 1.29 is 19.1 Å². The van der Waals surface area contributed by atoms with E-state index in [4.69, 9.17) is 4.74 Å². The monoisotopic (exact) mass is 528 g/mol. The van der Waals surface area contributed by atoms with Crippen LogP contribution in [0.4, 0.5) is 11.4 Å². The Morgan fingerprint density at radius 1 is 0.868 bits per heavy atom. The highest BCUT2D eigenvalue weighted by Gasteiger charge is 2.40. The van der Waals surface area contributed by atoms with E-state index in [-0.39, 0.29) is 11.6 Å². The number of carbonyl (C=O) groups excluding carboxylic acids is 3. The zero-order valence-corrected chi connectivity index (χ0v) is 22.8. The molecular weight excluding hydrogens is 496 g/mol. The number of hydrogen-bond donors (Lipinski definition) is 1. The van der Waals surface area contributed by atoms with Crippen LogP contribution in [0.5, 0.6) is 0 Å². The second-order valence-electron chi connectivity index (χ2n) is 9.17. The molecule has 3 aromatic carbocycles. The lowest BCUT2D eigenvalue weighted by Gasteiger charge is -2.16. The molecule has 0 atom stereocenters. The number of thioether (sulfide) groups is 1. The van der Waals surface area contributed by atoms with Crippen molar-refractivity contribution in [1.82, 2.24) is 0 Å². The van der Waals surface area contributed by atoms with E-state index in [0.29, 0.717) is 28.5 Å². The van der Waals surface area contributed by atoms with Gasteiger partial charge in [-0.25, -0.2) is 9.69 Å². The number of nitrogens with one attached hydrogen (secondary N) is 1. The van der Waals surface area contributed by atoms with Crippen LogP contribution in [0.15, 0.2) is 88.3 Å². The summed E-state index contributed by atoms with van der Waals surface area (Å²) in [7, 11) is 0. The predicted octanol–water partition coefficient (Wildman–Crippen LogP) is 6.89. The third kappa shape index (κ3) is 6.34. The summed E-state index contributed by atoms with van der Waals surface area (Å²) in [5.41, 5.74) is 4.04. The number of benzene rings is 3. The Morgan fingerprint density at radius 2 is 1.55 bits per heavy atom. The van der Waals surface area contributed by atoms with Gasteiger partial charge in [0.2, 0.25) is 0 Å². The highest BCUT2D eigenvalue weighted by Crippen LogP contribution is 2.38. The van der Waals surface area contributed by atoms with E-state index >= 15 is 0 Å². The summed E-state index contributed by atoms with van der Waals surface area (Å²) in [6.07, 6.45) is 3.89. The quantitative estimate of drug-likeness (QED) is 0.216. The van der Waals surface area contributed by atoms with Crippen LogP contribution in [-0.2, 0) is 20.7 Å². The molecule has 1 heterocycles. The molecular formula is C31H32N2O4S. The number of ether oxygens (including phenoxy) is 1. The summed E-state index contributed by atoms with van der Waals surface area (Å²) in [5, 5.41) is 3.15. The van der Waals surface area contributed by atoms with Crippen molar-refractivity contribution >= 4 is 40.9 Å². The second-order valence-corrected chi connectivity index (χ2v) is 10.3. The molecule has 196 valence electrons. The van der Waals surface area contributed by atoms with Gasteiger partial charge in [0.15, 0.2) is 0 Å². The lowest BCUT2D eigenvalue weighted by molar-refractivity contribution is -0.120. The first-order chi connectivity index (χ1) is 18.4. The molecule has 1 aliphatic rings. The van der Waals surface area contributed by atoms with E-state index in [1.807, 2.05) is 62.4 Å². The van der Waals surface area contributed by atoms with Crippen molar-refractivity contribution in [2.75, 3.05) is 16.8 Å². The van der Waals surface area contributed by atoms with Gasteiger partial charge in [-0.2, -0.15) is 0 Å². The minimum atomic E-state index is -0.419. The normalized spacial score (nSPS) is 13.3. The summed E-state index contributed by atoms with van der Waals surface area (Å²) in [5.74, 6) is -1.18. The number of rotatable bonds is 11. The van der Waals surface area contributed by atoms with Crippen LogP contribution in [0.1, 0.15) is 54.6 Å². The highest BCUT2D eigenvalue weighted by molar-refractivity contribution is 8.04. The van der Waals surface area contributed by atoms with E-state index in [1.54, 1.807) is 24.3 Å². The summed E-state index contributed by atoms with van der Waals surface area (Å²) in [4.78, 5) is 41.8. The standard InChI is InChI=1S/C31H32N2O4S/c1-4-6-7-22-10-16-25(17-11-22)33-29(34)27(28(30(33)35)38-26-18-8-21(3)9-19-26)32-24-14-12-23(13-15-24)31(36)37-20-5-2/h8-19,32H,4-7,20H2,1-3H3. The molecule has 7 heteroatoms. The van der Waals surface area contributed by atoms with E-state index in [0.717, 1.165) is 36.1 Å². The molecule has 6 nitrogen and oxygen atoms in total. The highest BCUT2D eigenvalue weighted by atomic mass is 32.2.